The van der Waals surface area contributed by atoms with Crippen LogP contribution in [0.4, 0.5) is 5.82 Å². The lowest BCUT2D eigenvalue weighted by molar-refractivity contribution is 0.435. The Morgan fingerprint density at radius 1 is 1.41 bits per heavy atom. The number of thiophene rings is 1. The highest BCUT2D eigenvalue weighted by Crippen LogP contribution is 2.39. The average Bonchev–Trinajstić information content (AvgIpc) is 2.97. The predicted octanol–water partition coefficient (Wildman–Crippen LogP) is 3.55. The second kappa shape index (κ2) is 3.78. The molecule has 0 saturated heterocycles. The number of nitrogens with two attached hydrogens (primary N) is 1. The zero-order chi connectivity index (χ0) is 11.8. The lowest BCUT2D eigenvalue weighted by Gasteiger charge is -1.95. The van der Waals surface area contributed by atoms with Crippen LogP contribution in [0.3, 0.4) is 0 Å². The van der Waals surface area contributed by atoms with Crippen molar-refractivity contribution in [1.29, 1.82) is 0 Å². The fraction of sp³-hybridized carbons (Fsp3) is 0.0833. The summed E-state index contributed by atoms with van der Waals surface area (Å²) in [6, 6.07) is 5.86. The minimum absolute atomic E-state index is 0.404. The van der Waals surface area contributed by atoms with Crippen molar-refractivity contribution in [2.75, 3.05) is 5.73 Å². The van der Waals surface area contributed by atoms with Crippen molar-refractivity contribution in [3.05, 3.63) is 35.6 Å². The van der Waals surface area contributed by atoms with Crippen molar-refractivity contribution in [2.45, 2.75) is 6.92 Å². The zero-order valence-electron chi connectivity index (χ0n) is 9.14. The number of nitrogen functional groups attached to an aromatic ring is 1. The first-order valence-corrected chi connectivity index (χ1v) is 5.98. The number of nitrogens with zero attached hydrogens (tertiary/aromatic N) is 1. The van der Waals surface area contributed by atoms with E-state index in [-0.39, 0.29) is 0 Å². The van der Waals surface area contributed by atoms with Gasteiger partial charge in [0.05, 0.1) is 11.1 Å². The molecule has 0 aliphatic heterocycles. The van der Waals surface area contributed by atoms with Crippen molar-refractivity contribution in [3.8, 4) is 21.8 Å². The number of hydrogen-bond acceptors (Lipinski definition) is 5. The molecule has 0 radical (unpaired) electrons. The standard InChI is InChI=1S/C12H10N2O2S/c1-7-5-8(6-15-7)11-10(12(13)14-16-11)9-3-2-4-17-9/h2-6H,1H3,(H2,13,14). The van der Waals surface area contributed by atoms with E-state index in [1.54, 1.807) is 17.6 Å². The van der Waals surface area contributed by atoms with Gasteiger partial charge in [-0.05, 0) is 24.4 Å². The Labute approximate surface area is 102 Å². The first kappa shape index (κ1) is 10.2. The second-order valence-electron chi connectivity index (χ2n) is 3.70. The number of rotatable bonds is 2. The number of hydrogen-bond donors (Lipinski definition) is 1. The molecule has 3 rings (SSSR count). The van der Waals surface area contributed by atoms with Gasteiger partial charge in [0.2, 0.25) is 0 Å². The summed E-state index contributed by atoms with van der Waals surface area (Å²) in [4.78, 5) is 1.04. The highest BCUT2D eigenvalue weighted by molar-refractivity contribution is 7.13. The molecule has 3 aromatic heterocycles. The minimum atomic E-state index is 0.404. The van der Waals surface area contributed by atoms with Gasteiger partial charge in [-0.25, -0.2) is 0 Å². The quantitative estimate of drug-likeness (QED) is 0.750. The first-order valence-electron chi connectivity index (χ1n) is 5.10. The first-order chi connectivity index (χ1) is 8.25. The lowest BCUT2D eigenvalue weighted by atomic mass is 10.1. The molecular weight excluding hydrogens is 236 g/mol. The van der Waals surface area contributed by atoms with E-state index in [0.717, 1.165) is 21.8 Å². The molecule has 0 bridgehead atoms. The number of anilines is 1. The molecule has 5 heteroatoms. The van der Waals surface area contributed by atoms with Crippen LogP contribution in [-0.4, -0.2) is 5.16 Å². The van der Waals surface area contributed by atoms with Crippen LogP contribution in [0.15, 0.2) is 38.8 Å². The van der Waals surface area contributed by atoms with Crippen molar-refractivity contribution < 1.29 is 8.94 Å². The Morgan fingerprint density at radius 3 is 2.94 bits per heavy atom. The van der Waals surface area contributed by atoms with Crippen molar-refractivity contribution in [1.82, 2.24) is 5.16 Å². The monoisotopic (exact) mass is 246 g/mol. The van der Waals surface area contributed by atoms with E-state index in [4.69, 9.17) is 14.7 Å². The van der Waals surface area contributed by atoms with Gasteiger partial charge in [0.1, 0.15) is 12.0 Å². The molecule has 86 valence electrons. The molecule has 0 aromatic carbocycles. The van der Waals surface area contributed by atoms with Gasteiger partial charge in [-0.3, -0.25) is 0 Å². The van der Waals surface area contributed by atoms with E-state index in [1.807, 2.05) is 30.5 Å². The minimum Gasteiger partial charge on any atom is -0.469 e. The Bertz CT molecular complexity index is 637. The Balaban J connectivity index is 2.19. The second-order valence-corrected chi connectivity index (χ2v) is 4.64. The molecule has 0 spiro atoms. The Hall–Kier alpha value is -2.01. The maximum Gasteiger partial charge on any atom is 0.180 e. The third kappa shape index (κ3) is 1.64. The van der Waals surface area contributed by atoms with Gasteiger partial charge in [0.15, 0.2) is 11.6 Å². The predicted molar refractivity (Wildman–Crippen MR) is 66.7 cm³/mol. The van der Waals surface area contributed by atoms with Gasteiger partial charge in [-0.1, -0.05) is 11.2 Å². The SMILES string of the molecule is Cc1cc(-c2onc(N)c2-c2cccs2)co1. The van der Waals surface area contributed by atoms with Crippen molar-refractivity contribution in [2.24, 2.45) is 0 Å². The maximum absolute atomic E-state index is 5.85. The molecule has 0 atom stereocenters. The largest absolute Gasteiger partial charge is 0.469 e. The molecule has 3 heterocycles. The van der Waals surface area contributed by atoms with E-state index < -0.39 is 0 Å². The van der Waals surface area contributed by atoms with Crippen molar-refractivity contribution in [3.63, 3.8) is 0 Å². The fourth-order valence-corrected chi connectivity index (χ4v) is 2.50. The summed E-state index contributed by atoms with van der Waals surface area (Å²) in [6.45, 7) is 1.88. The van der Waals surface area contributed by atoms with Gasteiger partial charge in [0, 0.05) is 4.88 Å². The molecule has 0 unspecified atom stereocenters. The third-order valence-corrected chi connectivity index (χ3v) is 3.37. The van der Waals surface area contributed by atoms with Gasteiger partial charge in [-0.15, -0.1) is 11.3 Å². The lowest BCUT2D eigenvalue weighted by Crippen LogP contribution is -1.86. The van der Waals surface area contributed by atoms with E-state index in [9.17, 15) is 0 Å². The van der Waals surface area contributed by atoms with Gasteiger partial charge >= 0.3 is 0 Å². The topological polar surface area (TPSA) is 65.2 Å². The highest BCUT2D eigenvalue weighted by Gasteiger charge is 2.19. The summed E-state index contributed by atoms with van der Waals surface area (Å²) in [5.74, 6) is 1.88. The van der Waals surface area contributed by atoms with Crippen LogP contribution >= 0.6 is 11.3 Å². The summed E-state index contributed by atoms with van der Waals surface area (Å²) in [5, 5.41) is 5.82. The summed E-state index contributed by atoms with van der Waals surface area (Å²) in [5.41, 5.74) is 7.54. The molecule has 0 saturated carbocycles. The van der Waals surface area contributed by atoms with Crippen LogP contribution < -0.4 is 5.73 Å². The van der Waals surface area contributed by atoms with E-state index in [2.05, 4.69) is 5.16 Å². The van der Waals surface area contributed by atoms with Gasteiger partial charge in [0.25, 0.3) is 0 Å². The molecule has 0 aliphatic rings. The van der Waals surface area contributed by atoms with Gasteiger partial charge < -0.3 is 14.7 Å². The molecule has 4 nitrogen and oxygen atoms in total. The molecule has 0 amide bonds. The number of aromatic nitrogens is 1. The normalized spacial score (nSPS) is 10.9. The van der Waals surface area contributed by atoms with Crippen molar-refractivity contribution >= 4 is 17.2 Å². The highest BCUT2D eigenvalue weighted by atomic mass is 32.1. The summed E-state index contributed by atoms with van der Waals surface area (Å²) >= 11 is 1.60. The summed E-state index contributed by atoms with van der Waals surface area (Å²) in [6.07, 6.45) is 1.65. The van der Waals surface area contributed by atoms with Crippen LogP contribution in [-0.2, 0) is 0 Å². The Kier molecular flexibility index (Phi) is 2.26. The number of aryl methyl sites for hydroxylation is 1. The maximum atomic E-state index is 5.85. The van der Waals surface area contributed by atoms with Crippen LogP contribution in [0.2, 0.25) is 0 Å². The van der Waals surface area contributed by atoms with Crippen LogP contribution in [0.1, 0.15) is 5.76 Å². The smallest absolute Gasteiger partial charge is 0.180 e. The fourth-order valence-electron chi connectivity index (χ4n) is 1.72. The molecular formula is C12H10N2O2S. The zero-order valence-corrected chi connectivity index (χ0v) is 9.95. The molecule has 2 N–H and O–H groups in total. The van der Waals surface area contributed by atoms with E-state index in [0.29, 0.717) is 11.6 Å². The average molecular weight is 246 g/mol. The number of furan rings is 1. The van der Waals surface area contributed by atoms with Crippen LogP contribution in [0, 0.1) is 6.92 Å². The molecule has 3 aromatic rings. The summed E-state index contributed by atoms with van der Waals surface area (Å²) < 4.78 is 10.6. The van der Waals surface area contributed by atoms with Crippen LogP contribution in [0.25, 0.3) is 21.8 Å². The molecule has 0 fully saturated rings. The Morgan fingerprint density at radius 2 is 2.29 bits per heavy atom. The van der Waals surface area contributed by atoms with Gasteiger partial charge in [-0.2, -0.15) is 0 Å². The van der Waals surface area contributed by atoms with Crippen LogP contribution in [0.5, 0.6) is 0 Å². The molecule has 0 aliphatic carbocycles. The summed E-state index contributed by atoms with van der Waals surface area (Å²) in [7, 11) is 0. The third-order valence-electron chi connectivity index (χ3n) is 2.48. The van der Waals surface area contributed by atoms with E-state index in [1.165, 1.54) is 0 Å². The molecule has 17 heavy (non-hydrogen) atoms. The van der Waals surface area contributed by atoms with E-state index >= 15 is 0 Å².